The van der Waals surface area contributed by atoms with Gasteiger partial charge in [-0.25, -0.2) is 17.5 Å². The van der Waals surface area contributed by atoms with Crippen molar-refractivity contribution in [3.05, 3.63) is 41.6 Å². The molecule has 0 aromatic carbocycles. The summed E-state index contributed by atoms with van der Waals surface area (Å²) in [5.41, 5.74) is 3.77. The van der Waals surface area contributed by atoms with E-state index in [1.807, 2.05) is 12.1 Å². The van der Waals surface area contributed by atoms with E-state index in [-0.39, 0.29) is 25.0 Å². The first kappa shape index (κ1) is 21.0. The van der Waals surface area contributed by atoms with Crippen LogP contribution in [0.25, 0.3) is 11.1 Å². The molecule has 5 heterocycles. The summed E-state index contributed by atoms with van der Waals surface area (Å²) in [6.07, 6.45) is 4.92. The second-order valence-electron chi connectivity index (χ2n) is 8.42. The van der Waals surface area contributed by atoms with Gasteiger partial charge in [0.25, 0.3) is 0 Å². The van der Waals surface area contributed by atoms with Crippen molar-refractivity contribution in [3.8, 4) is 0 Å². The van der Waals surface area contributed by atoms with E-state index in [0.29, 0.717) is 43.1 Å². The molecule has 0 aliphatic carbocycles. The van der Waals surface area contributed by atoms with Crippen LogP contribution in [-0.2, 0) is 10.0 Å². The summed E-state index contributed by atoms with van der Waals surface area (Å²) in [4.78, 5) is 18.4. The summed E-state index contributed by atoms with van der Waals surface area (Å²) in [7, 11) is -3.46. The fraction of sp³-hybridized carbons (Fsp3) is 0.476. The number of likely N-dealkylation sites (tertiary alicyclic amines) is 1. The first-order chi connectivity index (χ1) is 15.3. The highest BCUT2D eigenvalue weighted by molar-refractivity contribution is 7.89. The highest BCUT2D eigenvalue weighted by Gasteiger charge is 2.44. The van der Waals surface area contributed by atoms with Crippen molar-refractivity contribution in [3.63, 3.8) is 0 Å². The number of nitrogens with zero attached hydrogens (tertiary/aromatic N) is 4. The van der Waals surface area contributed by atoms with E-state index in [1.54, 1.807) is 30.6 Å². The smallest absolute Gasteiger partial charge is 0.322 e. The Bertz CT molecular complexity index is 1230. The lowest BCUT2D eigenvalue weighted by Crippen LogP contribution is -2.61. The lowest BCUT2D eigenvalue weighted by Gasteiger charge is -2.42. The zero-order valence-electron chi connectivity index (χ0n) is 17.9. The van der Waals surface area contributed by atoms with Crippen LogP contribution in [0, 0.1) is 13.8 Å². The minimum Gasteiger partial charge on any atom is -0.462 e. The van der Waals surface area contributed by atoms with Crippen LogP contribution in [0.15, 0.2) is 33.5 Å². The van der Waals surface area contributed by atoms with Gasteiger partial charge in [-0.05, 0) is 44.7 Å². The predicted molar refractivity (Wildman–Crippen MR) is 117 cm³/mol. The lowest BCUT2D eigenvalue weighted by atomic mass is 9.91. The number of aromatic nitrogens is 2. The molecule has 2 aliphatic rings. The molecule has 3 aromatic rings. The summed E-state index contributed by atoms with van der Waals surface area (Å²) in [6, 6.07) is 3.38. The van der Waals surface area contributed by atoms with Crippen LogP contribution in [0.4, 0.5) is 10.5 Å². The fourth-order valence-corrected chi connectivity index (χ4v) is 6.32. The van der Waals surface area contributed by atoms with Gasteiger partial charge in [-0.1, -0.05) is 5.16 Å². The van der Waals surface area contributed by atoms with E-state index < -0.39 is 15.3 Å². The third kappa shape index (κ3) is 3.55. The van der Waals surface area contributed by atoms with Crippen LogP contribution in [0.3, 0.4) is 0 Å². The number of rotatable bonds is 4. The third-order valence-electron chi connectivity index (χ3n) is 6.43. The predicted octanol–water partition coefficient (Wildman–Crippen LogP) is 2.86. The third-order valence-corrected chi connectivity index (χ3v) is 8.66. The van der Waals surface area contributed by atoms with Crippen molar-refractivity contribution in [2.24, 2.45) is 0 Å². The minimum absolute atomic E-state index is 0.174. The molecule has 0 unspecified atom stereocenters. The van der Waals surface area contributed by atoms with Crippen molar-refractivity contribution < 1.29 is 22.2 Å². The van der Waals surface area contributed by atoms with E-state index >= 15 is 0 Å². The number of piperidine rings is 1. The molecule has 1 N–H and O–H groups in total. The van der Waals surface area contributed by atoms with Crippen LogP contribution in [-0.4, -0.2) is 65.2 Å². The van der Waals surface area contributed by atoms with E-state index in [9.17, 15) is 13.2 Å². The number of sulfonamides is 1. The molecule has 2 saturated heterocycles. The van der Waals surface area contributed by atoms with Gasteiger partial charge >= 0.3 is 6.03 Å². The quantitative estimate of drug-likeness (QED) is 0.636. The van der Waals surface area contributed by atoms with Gasteiger partial charge in [0.2, 0.25) is 10.0 Å². The van der Waals surface area contributed by atoms with Crippen LogP contribution >= 0.6 is 0 Å². The SMILES string of the molecule is Cc1noc(C)c1NC(=O)N1CC(S(=O)(=O)N2CCC(c3coc4cccnc34)CC2)C1. The number of carbonyl (C=O) groups excluding carboxylic acids is 1. The number of anilines is 1. The molecule has 0 bridgehead atoms. The normalized spacial score (nSPS) is 18.8. The Morgan fingerprint density at radius 3 is 2.66 bits per heavy atom. The second-order valence-corrected chi connectivity index (χ2v) is 10.6. The van der Waals surface area contributed by atoms with Gasteiger partial charge in [0.15, 0.2) is 11.3 Å². The second kappa shape index (κ2) is 7.89. The molecule has 0 saturated carbocycles. The first-order valence-corrected chi connectivity index (χ1v) is 12.1. The number of carbonyl (C=O) groups is 1. The van der Waals surface area contributed by atoms with E-state index in [0.717, 1.165) is 16.7 Å². The molecule has 10 nitrogen and oxygen atoms in total. The van der Waals surface area contributed by atoms with E-state index in [2.05, 4.69) is 15.5 Å². The Labute approximate surface area is 185 Å². The van der Waals surface area contributed by atoms with Gasteiger partial charge in [0.05, 0.1) is 6.26 Å². The van der Waals surface area contributed by atoms with Gasteiger partial charge in [0, 0.05) is 37.9 Å². The van der Waals surface area contributed by atoms with Gasteiger partial charge in [-0.15, -0.1) is 0 Å². The number of hydrogen-bond donors (Lipinski definition) is 1. The number of furan rings is 1. The Morgan fingerprint density at radius 2 is 1.97 bits per heavy atom. The Morgan fingerprint density at radius 1 is 1.22 bits per heavy atom. The summed E-state index contributed by atoms with van der Waals surface area (Å²) in [5, 5.41) is 5.99. The zero-order chi connectivity index (χ0) is 22.5. The van der Waals surface area contributed by atoms with Crippen LogP contribution in [0.2, 0.25) is 0 Å². The number of aryl methyl sites for hydroxylation is 2. The lowest BCUT2D eigenvalue weighted by molar-refractivity contribution is 0.179. The molecule has 32 heavy (non-hydrogen) atoms. The molecular weight excluding hydrogens is 434 g/mol. The Hall–Kier alpha value is -2.92. The van der Waals surface area contributed by atoms with Crippen LogP contribution < -0.4 is 5.32 Å². The molecule has 11 heteroatoms. The van der Waals surface area contributed by atoms with Crippen molar-refractivity contribution in [2.75, 3.05) is 31.5 Å². The van der Waals surface area contributed by atoms with Gasteiger partial charge < -0.3 is 19.2 Å². The number of nitrogens with one attached hydrogen (secondary N) is 1. The Kier molecular flexibility index (Phi) is 5.17. The molecular formula is C21H25N5O5S. The fourth-order valence-electron chi connectivity index (χ4n) is 4.45. The summed E-state index contributed by atoms with van der Waals surface area (Å²) in [5.74, 6) is 0.736. The number of pyridine rings is 1. The highest BCUT2D eigenvalue weighted by atomic mass is 32.2. The molecule has 2 fully saturated rings. The molecule has 0 spiro atoms. The largest absolute Gasteiger partial charge is 0.462 e. The maximum Gasteiger partial charge on any atom is 0.322 e. The maximum atomic E-state index is 13.1. The topological polar surface area (TPSA) is 122 Å². The maximum absolute atomic E-state index is 13.1. The molecule has 2 aliphatic heterocycles. The first-order valence-electron chi connectivity index (χ1n) is 10.6. The molecule has 2 amide bonds. The van der Waals surface area contributed by atoms with Crippen LogP contribution in [0.1, 0.15) is 35.8 Å². The minimum atomic E-state index is -3.46. The monoisotopic (exact) mass is 459 g/mol. The highest BCUT2D eigenvalue weighted by Crippen LogP contribution is 2.35. The molecule has 0 radical (unpaired) electrons. The average Bonchev–Trinajstić information content (AvgIpc) is 3.31. The van der Waals surface area contributed by atoms with Gasteiger partial charge in [-0.2, -0.15) is 0 Å². The molecule has 170 valence electrons. The van der Waals surface area contributed by atoms with Crippen molar-refractivity contribution in [1.29, 1.82) is 0 Å². The molecule has 0 atom stereocenters. The van der Waals surface area contributed by atoms with E-state index in [1.165, 1.54) is 4.90 Å². The van der Waals surface area contributed by atoms with E-state index in [4.69, 9.17) is 8.94 Å². The standard InChI is InChI=1S/C21H25N5O5S/c1-13-19(14(2)31-24-13)23-21(27)25-10-16(11-25)32(28,29)26-8-5-15(6-9-26)17-12-30-18-4-3-7-22-20(17)18/h3-4,7,12,15-16H,5-6,8-11H2,1-2H3,(H,23,27). The van der Waals surface area contributed by atoms with Crippen LogP contribution in [0.5, 0.6) is 0 Å². The molecule has 5 rings (SSSR count). The van der Waals surface area contributed by atoms with Gasteiger partial charge in [-0.3, -0.25) is 4.98 Å². The molecule has 3 aromatic heterocycles. The number of hydrogen-bond acceptors (Lipinski definition) is 7. The van der Waals surface area contributed by atoms with Gasteiger partial charge in [0.1, 0.15) is 22.1 Å². The summed E-state index contributed by atoms with van der Waals surface area (Å²) >= 11 is 0. The number of amides is 2. The zero-order valence-corrected chi connectivity index (χ0v) is 18.8. The van der Waals surface area contributed by atoms with Crippen molar-refractivity contribution in [1.82, 2.24) is 19.3 Å². The summed E-state index contributed by atoms with van der Waals surface area (Å²) < 4.78 is 38.4. The summed E-state index contributed by atoms with van der Waals surface area (Å²) in [6.45, 7) is 4.70. The number of fused-ring (bicyclic) bond motifs is 1. The van der Waals surface area contributed by atoms with Crippen molar-refractivity contribution in [2.45, 2.75) is 37.9 Å². The van der Waals surface area contributed by atoms with Crippen molar-refractivity contribution >= 4 is 32.8 Å². The Balaban J connectivity index is 1.17. The number of urea groups is 1. The average molecular weight is 460 g/mol.